The minimum Gasteiger partial charge on any atom is -0.460 e. The van der Waals surface area contributed by atoms with Crippen molar-refractivity contribution in [2.75, 3.05) is 19.6 Å². The largest absolute Gasteiger partial charge is 0.460 e. The van der Waals surface area contributed by atoms with Crippen LogP contribution in [0.3, 0.4) is 0 Å². The van der Waals surface area contributed by atoms with Crippen LogP contribution in [0.15, 0.2) is 41.6 Å². The van der Waals surface area contributed by atoms with Gasteiger partial charge in [0.2, 0.25) is 10.0 Å². The molecule has 7 nitrogen and oxygen atoms in total. The number of rotatable bonds is 8. The molecule has 0 bridgehead atoms. The van der Waals surface area contributed by atoms with Gasteiger partial charge in [-0.15, -0.1) is 0 Å². The fraction of sp³-hybridized carbons (Fsp3) is 0.474. The van der Waals surface area contributed by atoms with Crippen LogP contribution in [0.1, 0.15) is 33.6 Å². The molecule has 0 aliphatic rings. The number of fused-ring (bicyclic) bond motifs is 1. The smallest absolute Gasteiger partial charge is 0.307 e. The summed E-state index contributed by atoms with van der Waals surface area (Å²) in [4.78, 5) is 16.3. The van der Waals surface area contributed by atoms with E-state index in [-0.39, 0.29) is 24.4 Å². The number of sulfonamides is 1. The lowest BCUT2D eigenvalue weighted by Crippen LogP contribution is -2.36. The molecule has 2 aromatic rings. The molecule has 1 heterocycles. The number of ether oxygens (including phenoxy) is 1. The Labute approximate surface area is 160 Å². The lowest BCUT2D eigenvalue weighted by atomic mass is 10.2. The van der Waals surface area contributed by atoms with E-state index in [0.29, 0.717) is 18.4 Å². The molecule has 0 spiro atoms. The highest BCUT2D eigenvalue weighted by atomic mass is 32.2. The topological polar surface area (TPSA) is 103 Å². The molecule has 2 N–H and O–H groups in total. The van der Waals surface area contributed by atoms with Gasteiger partial charge in [0.25, 0.3) is 0 Å². The SMILES string of the molecule is CC(C)(C)OC(=O)CCN(CCCN)S(=O)(=O)c1cccc2cnccc12. The molecule has 0 unspecified atom stereocenters. The number of nitrogens with two attached hydrogens (primary N) is 1. The highest BCUT2D eigenvalue weighted by Crippen LogP contribution is 2.25. The van der Waals surface area contributed by atoms with E-state index in [2.05, 4.69) is 4.98 Å². The second kappa shape index (κ2) is 8.77. The number of aromatic nitrogens is 1. The molecule has 0 amide bonds. The number of nitrogens with zero attached hydrogens (tertiary/aromatic N) is 2. The summed E-state index contributed by atoms with van der Waals surface area (Å²) in [5.74, 6) is -0.433. The Kier molecular flexibility index (Phi) is 6.91. The van der Waals surface area contributed by atoms with E-state index in [1.807, 2.05) is 6.07 Å². The maximum absolute atomic E-state index is 13.3. The van der Waals surface area contributed by atoms with Gasteiger partial charge < -0.3 is 10.5 Å². The van der Waals surface area contributed by atoms with Crippen LogP contribution in [0.4, 0.5) is 0 Å². The minimum atomic E-state index is -3.80. The van der Waals surface area contributed by atoms with Crippen LogP contribution in [0.5, 0.6) is 0 Å². The van der Waals surface area contributed by atoms with Gasteiger partial charge in [0.15, 0.2) is 0 Å². The Balaban J connectivity index is 2.29. The molecule has 27 heavy (non-hydrogen) atoms. The van der Waals surface area contributed by atoms with Crippen LogP contribution in [0.25, 0.3) is 10.8 Å². The molecule has 0 aliphatic heterocycles. The number of pyridine rings is 1. The molecule has 0 saturated carbocycles. The summed E-state index contributed by atoms with van der Waals surface area (Å²) < 4.78 is 33.1. The van der Waals surface area contributed by atoms with E-state index in [1.165, 1.54) is 4.31 Å². The van der Waals surface area contributed by atoms with Crippen molar-refractivity contribution < 1.29 is 17.9 Å². The van der Waals surface area contributed by atoms with Crippen LogP contribution in [0, 0.1) is 0 Å². The third kappa shape index (κ3) is 5.72. The Morgan fingerprint density at radius 2 is 1.96 bits per heavy atom. The Hall–Kier alpha value is -2.03. The highest BCUT2D eigenvalue weighted by molar-refractivity contribution is 7.89. The Bertz CT molecular complexity index is 886. The molecule has 8 heteroatoms. The maximum Gasteiger partial charge on any atom is 0.307 e. The first-order chi connectivity index (χ1) is 12.6. The molecule has 0 aliphatic carbocycles. The van der Waals surface area contributed by atoms with Gasteiger partial charge in [0.05, 0.1) is 11.3 Å². The molecule has 0 radical (unpaired) electrons. The van der Waals surface area contributed by atoms with Crippen molar-refractivity contribution in [3.63, 3.8) is 0 Å². The standard InChI is InChI=1S/C19H27N3O4S/c1-19(2,3)26-18(23)9-13-22(12-5-10-20)27(24,25)17-7-4-6-15-14-21-11-8-16(15)17/h4,6-8,11,14H,5,9-10,12-13,20H2,1-3H3. The van der Waals surface area contributed by atoms with Crippen molar-refractivity contribution in [2.24, 2.45) is 5.73 Å². The summed E-state index contributed by atoms with van der Waals surface area (Å²) in [6.07, 6.45) is 3.67. The zero-order valence-corrected chi connectivity index (χ0v) is 16.8. The van der Waals surface area contributed by atoms with Gasteiger partial charge in [-0.25, -0.2) is 8.42 Å². The molecule has 1 aromatic carbocycles. The zero-order chi connectivity index (χ0) is 20.1. The summed E-state index contributed by atoms with van der Waals surface area (Å²) in [5.41, 5.74) is 4.96. The zero-order valence-electron chi connectivity index (χ0n) is 16.0. The first-order valence-electron chi connectivity index (χ1n) is 8.90. The van der Waals surface area contributed by atoms with Crippen molar-refractivity contribution in [2.45, 2.75) is 44.1 Å². The third-order valence-corrected chi connectivity index (χ3v) is 5.81. The lowest BCUT2D eigenvalue weighted by molar-refractivity contribution is -0.154. The summed E-state index contributed by atoms with van der Waals surface area (Å²) in [7, 11) is -3.80. The molecule has 0 fully saturated rings. The third-order valence-electron chi connectivity index (χ3n) is 3.86. The van der Waals surface area contributed by atoms with Gasteiger partial charge in [-0.3, -0.25) is 9.78 Å². The second-order valence-corrected chi connectivity index (χ2v) is 9.14. The predicted octanol–water partition coefficient (Wildman–Crippen LogP) is 2.31. The van der Waals surface area contributed by atoms with Crippen LogP contribution in [-0.4, -0.2) is 48.9 Å². The van der Waals surface area contributed by atoms with Gasteiger partial charge >= 0.3 is 5.97 Å². The van der Waals surface area contributed by atoms with Crippen LogP contribution in [-0.2, 0) is 19.6 Å². The van der Waals surface area contributed by atoms with Gasteiger partial charge in [-0.1, -0.05) is 12.1 Å². The average molecular weight is 394 g/mol. The van der Waals surface area contributed by atoms with Gasteiger partial charge in [0, 0.05) is 36.3 Å². The van der Waals surface area contributed by atoms with Gasteiger partial charge in [0.1, 0.15) is 5.60 Å². The number of carbonyl (C=O) groups is 1. The average Bonchev–Trinajstić information content (AvgIpc) is 2.59. The molecular formula is C19H27N3O4S. The number of benzene rings is 1. The minimum absolute atomic E-state index is 0.0204. The van der Waals surface area contributed by atoms with Crippen molar-refractivity contribution in [3.8, 4) is 0 Å². The van der Waals surface area contributed by atoms with Crippen molar-refractivity contribution >= 4 is 26.8 Å². The number of hydrogen-bond acceptors (Lipinski definition) is 6. The Morgan fingerprint density at radius 1 is 1.22 bits per heavy atom. The molecule has 0 saturated heterocycles. The quantitative estimate of drug-likeness (QED) is 0.691. The van der Waals surface area contributed by atoms with Gasteiger partial charge in [-0.2, -0.15) is 4.31 Å². The summed E-state index contributed by atoms with van der Waals surface area (Å²) in [5, 5.41) is 1.34. The van der Waals surface area contributed by atoms with Crippen molar-refractivity contribution in [1.82, 2.24) is 9.29 Å². The normalized spacial score (nSPS) is 12.5. The van der Waals surface area contributed by atoms with Gasteiger partial charge in [-0.05, 0) is 45.9 Å². The number of carbonyl (C=O) groups excluding carboxylic acids is 1. The molecule has 0 atom stereocenters. The first-order valence-corrected chi connectivity index (χ1v) is 10.3. The van der Waals surface area contributed by atoms with Crippen molar-refractivity contribution in [3.05, 3.63) is 36.7 Å². The number of hydrogen-bond donors (Lipinski definition) is 1. The summed E-state index contributed by atoms with van der Waals surface area (Å²) >= 11 is 0. The fourth-order valence-electron chi connectivity index (χ4n) is 2.69. The number of esters is 1. The van der Waals surface area contributed by atoms with E-state index < -0.39 is 21.6 Å². The summed E-state index contributed by atoms with van der Waals surface area (Å²) in [6, 6.07) is 6.75. The molecular weight excluding hydrogens is 366 g/mol. The van der Waals surface area contributed by atoms with E-state index in [9.17, 15) is 13.2 Å². The molecule has 1 aromatic heterocycles. The highest BCUT2D eigenvalue weighted by Gasteiger charge is 2.27. The summed E-state index contributed by atoms with van der Waals surface area (Å²) in [6.45, 7) is 5.97. The predicted molar refractivity (Wildman–Crippen MR) is 105 cm³/mol. The molecule has 148 valence electrons. The molecule has 2 rings (SSSR count). The first kappa shape index (κ1) is 21.3. The maximum atomic E-state index is 13.3. The van der Waals surface area contributed by atoms with E-state index >= 15 is 0 Å². The van der Waals surface area contributed by atoms with Crippen molar-refractivity contribution in [1.29, 1.82) is 0 Å². The second-order valence-electron chi connectivity index (χ2n) is 7.24. The van der Waals surface area contributed by atoms with E-state index in [4.69, 9.17) is 10.5 Å². The van der Waals surface area contributed by atoms with Crippen LogP contribution >= 0.6 is 0 Å². The van der Waals surface area contributed by atoms with E-state index in [0.717, 1.165) is 5.39 Å². The van der Waals surface area contributed by atoms with Crippen LogP contribution < -0.4 is 5.73 Å². The Morgan fingerprint density at radius 3 is 2.63 bits per heavy atom. The van der Waals surface area contributed by atoms with Crippen LogP contribution in [0.2, 0.25) is 0 Å². The van der Waals surface area contributed by atoms with E-state index in [1.54, 1.807) is 51.4 Å². The monoisotopic (exact) mass is 393 g/mol. The lowest BCUT2D eigenvalue weighted by Gasteiger charge is -2.24. The fourth-order valence-corrected chi connectivity index (χ4v) is 4.38.